The summed E-state index contributed by atoms with van der Waals surface area (Å²) >= 11 is 0. The predicted molar refractivity (Wildman–Crippen MR) is 554 cm³/mol. The van der Waals surface area contributed by atoms with Crippen molar-refractivity contribution in [3.8, 4) is 0 Å². The van der Waals surface area contributed by atoms with Crippen molar-refractivity contribution in [2.24, 2.45) is 117 Å². The lowest BCUT2D eigenvalue weighted by Gasteiger charge is -2.49. The first-order valence-corrected chi connectivity index (χ1v) is 62.3. The van der Waals surface area contributed by atoms with Gasteiger partial charge in [-0.2, -0.15) is 52.7 Å². The van der Waals surface area contributed by atoms with Crippen LogP contribution in [0, 0.1) is 117 Å². The van der Waals surface area contributed by atoms with Gasteiger partial charge in [0.1, 0.15) is 0 Å². The van der Waals surface area contributed by atoms with Crippen molar-refractivity contribution < 1.29 is 115 Å². The molecule has 0 aromatic rings. The number of fused-ring (bicyclic) bond motifs is 13. The van der Waals surface area contributed by atoms with Crippen LogP contribution in [0.5, 0.6) is 0 Å². The van der Waals surface area contributed by atoms with E-state index in [2.05, 4.69) is 27.3 Å². The van der Waals surface area contributed by atoms with Crippen molar-refractivity contribution >= 4 is 59.9 Å². The van der Waals surface area contributed by atoms with Crippen LogP contribution in [0.25, 0.3) is 0 Å². The first kappa shape index (κ1) is 161. The molecule has 0 aromatic carbocycles. The second kappa shape index (κ2) is 69.9. The molecule has 13 atom stereocenters. The first-order chi connectivity index (χ1) is 53.1. The molecule has 0 saturated heterocycles. The highest BCUT2D eigenvalue weighted by Gasteiger charge is 2.69. The Morgan fingerprint density at radius 3 is 0.700 bits per heavy atom. The predicted octanol–water partition coefficient (Wildman–Crippen LogP) is 34.8. The molecule has 0 radical (unpaired) electrons. The Morgan fingerprint density at radius 2 is 0.508 bits per heavy atom. The fraction of sp³-hybridized carbons (Fsp3) is 1.00. The third-order valence-corrected chi connectivity index (χ3v) is 44.9. The molecule has 13 fully saturated rings. The number of hydrogen-bond acceptors (Lipinski definition) is 14. The lowest BCUT2D eigenvalue weighted by Crippen LogP contribution is -2.49. The first-order valence-electron chi connectivity index (χ1n) is 43.0. The zero-order valence-electron chi connectivity index (χ0n) is 78.4. The molecule has 13 aliphatic rings. The van der Waals surface area contributed by atoms with E-state index in [0.29, 0.717) is 24.8 Å². The van der Waals surface area contributed by atoms with Gasteiger partial charge in [0, 0.05) is 105 Å². The quantitative estimate of drug-likeness (QED) is 0.0733. The summed E-state index contributed by atoms with van der Waals surface area (Å²) in [7, 11) is 12.0. The minimum atomic E-state index is -5.24. The van der Waals surface area contributed by atoms with Crippen molar-refractivity contribution in [2.45, 2.75) is 421 Å². The summed E-state index contributed by atoms with van der Waals surface area (Å²) in [6.07, 6.45) is 9.56. The topological polar surface area (TPSA) is 129 Å². The molecule has 14 nitrogen and oxygen atoms in total. The Hall–Kier alpha value is 0.118. The highest BCUT2D eigenvalue weighted by atomic mass is 28.4. The fourth-order valence-electron chi connectivity index (χ4n) is 19.2. The zero-order chi connectivity index (χ0) is 90.0. The van der Waals surface area contributed by atoms with E-state index < -0.39 is 114 Å². The van der Waals surface area contributed by atoms with Gasteiger partial charge >= 0.3 is 84.6 Å². The van der Waals surface area contributed by atoms with E-state index in [-0.39, 0.29) is 117 Å². The van der Waals surface area contributed by atoms with Crippen LogP contribution in [0.3, 0.4) is 0 Å². The Morgan fingerprint density at radius 1 is 0.246 bits per heavy atom. The van der Waals surface area contributed by atoms with Crippen LogP contribution >= 0.6 is 0 Å². The van der Waals surface area contributed by atoms with Crippen LogP contribution < -0.4 is 0 Å². The van der Waals surface area contributed by atoms with Gasteiger partial charge in [-0.3, -0.25) is 0 Å². The molecule has 13 unspecified atom stereocenters. The molecule has 13 aliphatic carbocycles. The second-order valence-corrected chi connectivity index (χ2v) is 64.1. The highest BCUT2D eigenvalue weighted by molar-refractivity contribution is 6.68. The molecule has 808 valence electrons. The maximum Gasteiger partial charge on any atom is 0.402 e. The number of halogens is 12. The van der Waals surface area contributed by atoms with Gasteiger partial charge < -0.3 is 62.0 Å². The van der Waals surface area contributed by atoms with Gasteiger partial charge in [-0.05, 0) is 340 Å². The standard InChI is InChI=1S/C13H20.C12H16F6.C10H22O2Si.C10H16.C8H14.C6H8F6.6C4H12O2Si.14CH4/c1-7-4-10-6-11(7)13-9-3-2-8(5-9)12(10)13;1-10(11(13,14)15,12(16,17)18)6-9-5-7-2-3-8(9)4-7;1-9-5-7-10(8-6-9)13(4,11-2)12-3;1-7-2-9-4-8(1)5-10(3-7)6-9;1-6-4-7-2-3-8(6)5-7;1-3-4(2,5(7,8)9)6(10,11)12;6*1-5-7(3,4)6-2;;;;;;;;;;;;;;/h7-13H,2-6H2,1H3;7-9H,2-6H2,1H3;9-10H,5-8H2,1-4H3;7-10H,1-6H2;6-8H,2-5H2,1H3;3H2,1-2H3;6*1-4H3;14*1H4. The van der Waals surface area contributed by atoms with Crippen LogP contribution in [-0.4, -0.2) is 184 Å². The van der Waals surface area contributed by atoms with E-state index in [1.54, 1.807) is 196 Å². The maximum atomic E-state index is 12.8. The van der Waals surface area contributed by atoms with E-state index in [0.717, 1.165) is 55.8 Å². The van der Waals surface area contributed by atoms with E-state index in [9.17, 15) is 52.7 Å². The molecule has 0 aliphatic heterocycles. The largest absolute Gasteiger partial charge is 0.402 e. The van der Waals surface area contributed by atoms with Crippen molar-refractivity contribution in [3.63, 3.8) is 0 Å². The number of hydrogen-bond donors (Lipinski definition) is 0. The van der Waals surface area contributed by atoms with Gasteiger partial charge in [0.05, 0.1) is 0 Å². The fourth-order valence-corrected chi connectivity index (χ4v) is 22.5. The van der Waals surface area contributed by atoms with Crippen LogP contribution in [0.15, 0.2) is 0 Å². The summed E-state index contributed by atoms with van der Waals surface area (Å²) in [4.78, 5) is 0. The van der Waals surface area contributed by atoms with Crippen molar-refractivity contribution in [2.75, 3.05) is 99.5 Å². The number of rotatable bonds is 18. The Bertz CT molecular complexity index is 2420. The van der Waals surface area contributed by atoms with Crippen LogP contribution in [0.4, 0.5) is 52.7 Å². The second-order valence-electron chi connectivity index (χ2n) is 38.8. The Labute approximate surface area is 808 Å². The van der Waals surface area contributed by atoms with Crippen LogP contribution in [0.2, 0.25) is 90.7 Å². The summed E-state index contributed by atoms with van der Waals surface area (Å²) in [6.45, 7) is 34.7. The monoisotopic (exact) mass is 2040 g/mol. The van der Waals surface area contributed by atoms with E-state index in [1.807, 2.05) is 78.6 Å². The van der Waals surface area contributed by atoms with Gasteiger partial charge in [0.15, 0.2) is 10.8 Å². The smallest absolute Gasteiger partial charge is 0.398 e. The van der Waals surface area contributed by atoms with E-state index in [1.165, 1.54) is 84.9 Å². The molecule has 12 bridgehead atoms. The van der Waals surface area contributed by atoms with Crippen molar-refractivity contribution in [1.29, 1.82) is 0 Å². The molecule has 0 aromatic heterocycles. The van der Waals surface area contributed by atoms with Crippen molar-refractivity contribution in [1.82, 2.24) is 0 Å². The molecule has 33 heteroatoms. The molecule has 13 rings (SSSR count). The normalized spacial score (nSPS) is 27.3. The Balaban J connectivity index is -0.0000000945. The molecule has 0 spiro atoms. The van der Waals surface area contributed by atoms with Gasteiger partial charge in [0.25, 0.3) is 0 Å². The zero-order valence-corrected chi connectivity index (χ0v) is 85.4. The lowest BCUT2D eigenvalue weighted by atomic mass is 9.56. The minimum absolute atomic E-state index is 0. The van der Waals surface area contributed by atoms with Gasteiger partial charge in [0.2, 0.25) is 0 Å². The van der Waals surface area contributed by atoms with Crippen LogP contribution in [0.1, 0.15) is 306 Å². The van der Waals surface area contributed by atoms with Crippen molar-refractivity contribution in [3.05, 3.63) is 0 Å². The highest BCUT2D eigenvalue weighted by Crippen LogP contribution is 2.69. The molecule has 0 heterocycles. The third-order valence-electron chi connectivity index (χ3n) is 29.4. The molecule has 0 amide bonds. The Kier molecular flexibility index (Phi) is 86.5. The third kappa shape index (κ3) is 51.2. The van der Waals surface area contributed by atoms with E-state index >= 15 is 0 Å². The molecule has 130 heavy (non-hydrogen) atoms. The number of alkyl halides is 12. The molecule has 0 N–H and O–H groups in total. The van der Waals surface area contributed by atoms with Gasteiger partial charge in [-0.1, -0.05) is 157 Å². The summed E-state index contributed by atoms with van der Waals surface area (Å²) in [5.74, 6) is 17.2. The van der Waals surface area contributed by atoms with Gasteiger partial charge in [-0.15, -0.1) is 0 Å². The average Bonchev–Trinajstić information content (AvgIpc) is 1.55. The maximum absolute atomic E-state index is 12.8. The summed E-state index contributed by atoms with van der Waals surface area (Å²) in [5, 5.41) is 0. The molecular formula is C97H224F12O14Si7. The van der Waals surface area contributed by atoms with Crippen LogP contribution in [-0.2, 0) is 62.0 Å². The lowest BCUT2D eigenvalue weighted by molar-refractivity contribution is -0.340. The average molecular weight is 2040 g/mol. The van der Waals surface area contributed by atoms with Gasteiger partial charge in [-0.25, -0.2) is 0 Å². The molecular weight excluding hydrogens is 1810 g/mol. The summed E-state index contributed by atoms with van der Waals surface area (Å²) < 4.78 is 219. The van der Waals surface area contributed by atoms with E-state index in [4.69, 9.17) is 62.0 Å². The summed E-state index contributed by atoms with van der Waals surface area (Å²) in [6, 6.07) is 0. The molecule has 13 saturated carbocycles. The SMILES string of the molecule is C.C.C.C.C.C.C.C.C.C.C.C.C.C.C1C2CC3CC1CC(C2)C3.CC(CC1CC2CCC1C2)(C(F)(F)F)C(F)(F)F.CC1CC2CC1C1C3CCC(C3)C21.CC1CC2CCC1C2.CCC(C)(C(F)(F)F)C(F)(F)F.CO[Si](C)(C)OC.CO[Si](C)(C)OC.CO[Si](C)(C)OC.CO[Si](C)(C)OC.CO[Si](C)(C)OC.CO[Si](C)(C)OC.CO[Si](C)(OC)C1CCC(C)CC1. The minimum Gasteiger partial charge on any atom is -0.398 e. The summed E-state index contributed by atoms with van der Waals surface area (Å²) in [5.41, 5.74) is -6.44.